The molecule has 1 aromatic carbocycles. The summed E-state index contributed by atoms with van der Waals surface area (Å²) in [5.74, 6) is -0.0822. The van der Waals surface area contributed by atoms with E-state index in [1.165, 1.54) is 12.3 Å². The molecular formula is C13H11BrClN3O. The summed E-state index contributed by atoms with van der Waals surface area (Å²) in [5, 5.41) is 3.03. The van der Waals surface area contributed by atoms with Crippen LogP contribution in [0.5, 0.6) is 0 Å². The number of nitrogens with two attached hydrogens (primary N) is 1. The third-order valence-electron chi connectivity index (χ3n) is 2.49. The fourth-order valence-electron chi connectivity index (χ4n) is 1.54. The van der Waals surface area contributed by atoms with Crippen LogP contribution in [0.25, 0.3) is 0 Å². The minimum absolute atomic E-state index is 0.248. The molecule has 0 saturated carbocycles. The molecule has 0 saturated heterocycles. The van der Waals surface area contributed by atoms with Crippen LogP contribution in [0.2, 0.25) is 5.02 Å². The van der Waals surface area contributed by atoms with Gasteiger partial charge in [-0.3, -0.25) is 4.79 Å². The van der Waals surface area contributed by atoms with E-state index in [9.17, 15) is 4.79 Å². The van der Waals surface area contributed by atoms with Gasteiger partial charge in [0.05, 0.1) is 16.3 Å². The van der Waals surface area contributed by atoms with Gasteiger partial charge >= 0.3 is 0 Å². The Morgan fingerprint density at radius 1 is 1.42 bits per heavy atom. The van der Waals surface area contributed by atoms with Crippen molar-refractivity contribution in [2.45, 2.75) is 6.92 Å². The summed E-state index contributed by atoms with van der Waals surface area (Å²) in [4.78, 5) is 15.9. The molecule has 19 heavy (non-hydrogen) atoms. The summed E-state index contributed by atoms with van der Waals surface area (Å²) >= 11 is 9.33. The first-order valence-electron chi connectivity index (χ1n) is 5.46. The van der Waals surface area contributed by atoms with E-state index >= 15 is 0 Å². The van der Waals surface area contributed by atoms with Crippen LogP contribution in [0.15, 0.2) is 34.9 Å². The molecule has 0 aliphatic heterocycles. The lowest BCUT2D eigenvalue weighted by Gasteiger charge is -2.09. The predicted octanol–water partition coefficient (Wildman–Crippen LogP) is 3.64. The molecule has 6 heteroatoms. The van der Waals surface area contributed by atoms with Gasteiger partial charge in [0.1, 0.15) is 5.82 Å². The minimum Gasteiger partial charge on any atom is -0.384 e. The molecule has 4 nitrogen and oxygen atoms in total. The molecule has 0 aliphatic rings. The Morgan fingerprint density at radius 2 is 2.16 bits per heavy atom. The van der Waals surface area contributed by atoms with Crippen molar-refractivity contribution in [3.63, 3.8) is 0 Å². The van der Waals surface area contributed by atoms with Crippen molar-refractivity contribution < 1.29 is 4.79 Å². The molecule has 1 aromatic heterocycles. The van der Waals surface area contributed by atoms with Gasteiger partial charge in [-0.15, -0.1) is 0 Å². The van der Waals surface area contributed by atoms with Crippen molar-refractivity contribution in [2.75, 3.05) is 11.1 Å². The van der Waals surface area contributed by atoms with E-state index in [-0.39, 0.29) is 16.7 Å². The number of amides is 1. The molecule has 0 unspecified atom stereocenters. The highest BCUT2D eigenvalue weighted by atomic mass is 79.9. The molecule has 0 radical (unpaired) electrons. The van der Waals surface area contributed by atoms with E-state index in [2.05, 4.69) is 26.2 Å². The molecule has 0 atom stereocenters. The topological polar surface area (TPSA) is 68.0 Å². The first-order chi connectivity index (χ1) is 8.97. The van der Waals surface area contributed by atoms with Crippen LogP contribution in [-0.2, 0) is 0 Å². The number of rotatable bonds is 2. The molecule has 2 aromatic rings. The number of hydrogen-bond donors (Lipinski definition) is 2. The average molecular weight is 341 g/mol. The second-order valence-corrected chi connectivity index (χ2v) is 5.29. The number of carbonyl (C=O) groups excluding carboxylic acids is 1. The lowest BCUT2D eigenvalue weighted by molar-refractivity contribution is 0.102. The fourth-order valence-corrected chi connectivity index (χ4v) is 2.32. The van der Waals surface area contributed by atoms with Gasteiger partial charge < -0.3 is 11.1 Å². The number of anilines is 2. The van der Waals surface area contributed by atoms with Gasteiger partial charge in [0.25, 0.3) is 5.91 Å². The number of carbonyl (C=O) groups is 1. The van der Waals surface area contributed by atoms with Gasteiger partial charge in [-0.25, -0.2) is 4.98 Å². The molecule has 3 N–H and O–H groups in total. The van der Waals surface area contributed by atoms with Gasteiger partial charge in [0.15, 0.2) is 0 Å². The zero-order valence-corrected chi connectivity index (χ0v) is 12.4. The van der Waals surface area contributed by atoms with Crippen molar-refractivity contribution >= 4 is 44.9 Å². The highest BCUT2D eigenvalue weighted by Crippen LogP contribution is 2.25. The third-order valence-corrected chi connectivity index (χ3v) is 3.45. The van der Waals surface area contributed by atoms with Crippen LogP contribution in [0.3, 0.4) is 0 Å². The number of pyridine rings is 1. The molecule has 1 amide bonds. The van der Waals surface area contributed by atoms with Crippen molar-refractivity contribution in [3.8, 4) is 0 Å². The van der Waals surface area contributed by atoms with Crippen molar-refractivity contribution in [1.82, 2.24) is 4.98 Å². The maximum absolute atomic E-state index is 12.1. The molecule has 0 fully saturated rings. The van der Waals surface area contributed by atoms with Gasteiger partial charge in [0, 0.05) is 10.7 Å². The second-order valence-electron chi connectivity index (χ2n) is 4.03. The molecule has 0 aliphatic carbocycles. The standard InChI is InChI=1S/C13H11BrClN3O/c1-7-2-3-11(9(14)4-7)18-13(19)8-5-12(16)17-6-10(8)15/h2-6H,1H3,(H2,16,17)(H,18,19). The number of aryl methyl sites for hydroxylation is 1. The van der Waals surface area contributed by atoms with E-state index in [4.69, 9.17) is 17.3 Å². The predicted molar refractivity (Wildman–Crippen MR) is 80.5 cm³/mol. The van der Waals surface area contributed by atoms with Crippen molar-refractivity contribution in [3.05, 3.63) is 51.1 Å². The molecular weight excluding hydrogens is 330 g/mol. The Bertz CT molecular complexity index is 646. The number of aromatic nitrogens is 1. The maximum atomic E-state index is 12.1. The second kappa shape index (κ2) is 5.59. The molecule has 0 spiro atoms. The molecule has 1 heterocycles. The number of benzene rings is 1. The Kier molecular flexibility index (Phi) is 4.07. The minimum atomic E-state index is -0.330. The summed E-state index contributed by atoms with van der Waals surface area (Å²) in [6.07, 6.45) is 1.36. The van der Waals surface area contributed by atoms with Crippen molar-refractivity contribution in [2.24, 2.45) is 0 Å². The van der Waals surface area contributed by atoms with E-state index < -0.39 is 0 Å². The summed E-state index contributed by atoms with van der Waals surface area (Å²) in [7, 11) is 0. The summed E-state index contributed by atoms with van der Waals surface area (Å²) in [6, 6.07) is 7.08. The summed E-state index contributed by atoms with van der Waals surface area (Å²) in [6.45, 7) is 1.97. The first-order valence-corrected chi connectivity index (χ1v) is 6.63. The van der Waals surface area contributed by atoms with E-state index in [0.717, 1.165) is 10.0 Å². The number of hydrogen-bond acceptors (Lipinski definition) is 3. The van der Waals surface area contributed by atoms with E-state index in [1.54, 1.807) is 0 Å². The maximum Gasteiger partial charge on any atom is 0.257 e. The summed E-state index contributed by atoms with van der Waals surface area (Å²) < 4.78 is 0.805. The monoisotopic (exact) mass is 339 g/mol. The van der Waals surface area contributed by atoms with Crippen LogP contribution in [-0.4, -0.2) is 10.9 Å². The van der Waals surface area contributed by atoms with Crippen molar-refractivity contribution in [1.29, 1.82) is 0 Å². The Morgan fingerprint density at radius 3 is 2.84 bits per heavy atom. The SMILES string of the molecule is Cc1ccc(NC(=O)c2cc(N)ncc2Cl)c(Br)c1. The number of nitrogens with one attached hydrogen (secondary N) is 1. The molecule has 2 rings (SSSR count). The van der Waals surface area contributed by atoms with E-state index in [0.29, 0.717) is 11.3 Å². The van der Waals surface area contributed by atoms with Gasteiger partial charge in [0.2, 0.25) is 0 Å². The number of nitrogens with zero attached hydrogens (tertiary/aromatic N) is 1. The van der Waals surface area contributed by atoms with Crippen LogP contribution in [0, 0.1) is 6.92 Å². The van der Waals surface area contributed by atoms with E-state index in [1.807, 2.05) is 25.1 Å². The van der Waals surface area contributed by atoms with Crippen LogP contribution in [0.4, 0.5) is 11.5 Å². The fraction of sp³-hybridized carbons (Fsp3) is 0.0769. The number of nitrogen functional groups attached to an aromatic ring is 1. The largest absolute Gasteiger partial charge is 0.384 e. The quantitative estimate of drug-likeness (QED) is 0.877. The third kappa shape index (κ3) is 3.24. The molecule has 98 valence electrons. The normalized spacial score (nSPS) is 10.3. The Hall–Kier alpha value is -1.59. The average Bonchev–Trinajstić information content (AvgIpc) is 2.35. The first kappa shape index (κ1) is 13.8. The highest BCUT2D eigenvalue weighted by molar-refractivity contribution is 9.10. The smallest absolute Gasteiger partial charge is 0.257 e. The lowest BCUT2D eigenvalue weighted by Crippen LogP contribution is -2.13. The number of halogens is 2. The van der Waals surface area contributed by atoms with Crippen LogP contribution < -0.4 is 11.1 Å². The Balaban J connectivity index is 2.28. The zero-order valence-electron chi connectivity index (χ0n) is 10.1. The van der Waals surface area contributed by atoms with Crippen LogP contribution in [0.1, 0.15) is 15.9 Å². The summed E-state index contributed by atoms with van der Waals surface area (Å²) in [5.41, 5.74) is 7.60. The molecule has 0 bridgehead atoms. The lowest BCUT2D eigenvalue weighted by atomic mass is 10.2. The van der Waals surface area contributed by atoms with Gasteiger partial charge in [-0.2, -0.15) is 0 Å². The van der Waals surface area contributed by atoms with Crippen LogP contribution >= 0.6 is 27.5 Å². The van der Waals surface area contributed by atoms with Gasteiger partial charge in [-0.1, -0.05) is 17.7 Å². The van der Waals surface area contributed by atoms with Gasteiger partial charge in [-0.05, 0) is 46.6 Å². The zero-order chi connectivity index (χ0) is 14.0. The Labute approximate surface area is 124 Å². The highest BCUT2D eigenvalue weighted by Gasteiger charge is 2.13.